The number of morpholine rings is 1. The van der Waals surface area contributed by atoms with Gasteiger partial charge in [-0.05, 0) is 18.1 Å². The molecule has 0 aliphatic carbocycles. The highest BCUT2D eigenvalue weighted by Crippen LogP contribution is 2.28. The number of hydrogen-bond donors (Lipinski definition) is 0. The molecule has 1 fully saturated rings. The zero-order valence-electron chi connectivity index (χ0n) is 13.6. The van der Waals surface area contributed by atoms with Gasteiger partial charge >= 0.3 is 0 Å². The first-order chi connectivity index (χ1) is 11.8. The number of anilines is 1. The minimum absolute atomic E-state index is 0.142. The molecular formula is C18H21N3O2S. The van der Waals surface area contributed by atoms with Gasteiger partial charge in [0, 0.05) is 30.7 Å². The van der Waals surface area contributed by atoms with E-state index in [1.165, 1.54) is 5.56 Å². The van der Waals surface area contributed by atoms with Crippen LogP contribution in [-0.2, 0) is 28.9 Å². The number of amides is 1. The lowest BCUT2D eigenvalue weighted by molar-refractivity contribution is -0.117. The largest absolute Gasteiger partial charge is 0.379 e. The summed E-state index contributed by atoms with van der Waals surface area (Å²) in [5.41, 5.74) is 3.21. The molecule has 1 amide bonds. The Kier molecular flexibility index (Phi) is 4.60. The molecule has 6 heteroatoms. The average Bonchev–Trinajstić information content (AvgIpc) is 3.22. The maximum Gasteiger partial charge on any atom is 0.233 e. The Hall–Kier alpha value is -1.76. The molecular weight excluding hydrogens is 322 g/mol. The molecule has 2 aliphatic heterocycles. The zero-order valence-corrected chi connectivity index (χ0v) is 14.4. The van der Waals surface area contributed by atoms with E-state index in [4.69, 9.17) is 4.74 Å². The maximum absolute atomic E-state index is 12.6. The summed E-state index contributed by atoms with van der Waals surface area (Å²) >= 11 is 1.65. The molecule has 5 nitrogen and oxygen atoms in total. The highest BCUT2D eigenvalue weighted by molar-refractivity contribution is 7.09. The number of rotatable bonds is 4. The van der Waals surface area contributed by atoms with E-state index >= 15 is 0 Å². The van der Waals surface area contributed by atoms with Gasteiger partial charge in [-0.2, -0.15) is 0 Å². The molecule has 1 aromatic heterocycles. The number of carbonyl (C=O) groups excluding carboxylic acids is 1. The van der Waals surface area contributed by atoms with Crippen molar-refractivity contribution >= 4 is 22.9 Å². The second-order valence-corrected chi connectivity index (χ2v) is 7.16. The number of carbonyl (C=O) groups is 1. The summed E-state index contributed by atoms with van der Waals surface area (Å²) in [4.78, 5) is 21.6. The van der Waals surface area contributed by atoms with Crippen molar-refractivity contribution in [2.75, 3.05) is 37.7 Å². The summed E-state index contributed by atoms with van der Waals surface area (Å²) < 4.78 is 5.37. The number of benzene rings is 1. The van der Waals surface area contributed by atoms with Crippen LogP contribution in [0.5, 0.6) is 0 Å². The first-order valence-electron chi connectivity index (χ1n) is 8.41. The van der Waals surface area contributed by atoms with Crippen LogP contribution in [0.25, 0.3) is 0 Å². The van der Waals surface area contributed by atoms with Crippen molar-refractivity contribution in [2.45, 2.75) is 19.4 Å². The third kappa shape index (κ3) is 3.36. The molecule has 24 heavy (non-hydrogen) atoms. The van der Waals surface area contributed by atoms with Gasteiger partial charge in [0.05, 0.1) is 31.9 Å². The Morgan fingerprint density at radius 3 is 2.92 bits per heavy atom. The van der Waals surface area contributed by atoms with E-state index in [9.17, 15) is 4.79 Å². The predicted octanol–water partition coefficient (Wildman–Crippen LogP) is 2.11. The van der Waals surface area contributed by atoms with E-state index in [2.05, 4.69) is 16.0 Å². The standard InChI is InChI=1S/C18H21N3O2S/c22-18(21-6-5-14-3-1-2-4-16(14)21)11-15-13-24-17(19-15)12-20-7-9-23-10-8-20/h1-4,13H,5-12H2. The van der Waals surface area contributed by atoms with Gasteiger partial charge in [0.15, 0.2) is 0 Å². The van der Waals surface area contributed by atoms with Crippen LogP contribution < -0.4 is 4.90 Å². The number of nitrogens with zero attached hydrogens (tertiary/aromatic N) is 3. The van der Waals surface area contributed by atoms with Gasteiger partial charge in [0.2, 0.25) is 5.91 Å². The number of hydrogen-bond acceptors (Lipinski definition) is 5. The second kappa shape index (κ2) is 7.01. The third-order valence-corrected chi connectivity index (χ3v) is 5.46. The van der Waals surface area contributed by atoms with Gasteiger partial charge in [-0.3, -0.25) is 9.69 Å². The molecule has 4 rings (SSSR count). The molecule has 0 atom stereocenters. The molecule has 126 valence electrons. The van der Waals surface area contributed by atoms with Gasteiger partial charge in [-0.1, -0.05) is 18.2 Å². The topological polar surface area (TPSA) is 45.7 Å². The van der Waals surface area contributed by atoms with E-state index in [0.29, 0.717) is 6.42 Å². The number of fused-ring (bicyclic) bond motifs is 1. The Balaban J connectivity index is 1.38. The zero-order chi connectivity index (χ0) is 16.4. The summed E-state index contributed by atoms with van der Waals surface area (Å²) in [5, 5.41) is 3.11. The quantitative estimate of drug-likeness (QED) is 0.853. The van der Waals surface area contributed by atoms with Crippen molar-refractivity contribution in [1.82, 2.24) is 9.88 Å². The number of thiazole rings is 1. The van der Waals surface area contributed by atoms with Gasteiger partial charge in [-0.15, -0.1) is 11.3 Å². The highest BCUT2D eigenvalue weighted by atomic mass is 32.1. The van der Waals surface area contributed by atoms with Crippen molar-refractivity contribution in [3.63, 3.8) is 0 Å². The van der Waals surface area contributed by atoms with E-state index in [-0.39, 0.29) is 5.91 Å². The maximum atomic E-state index is 12.6. The normalized spacial score (nSPS) is 17.9. The SMILES string of the molecule is O=C(Cc1csc(CN2CCOCC2)n1)N1CCc2ccccc21. The van der Waals surface area contributed by atoms with Crippen molar-refractivity contribution in [2.24, 2.45) is 0 Å². The minimum Gasteiger partial charge on any atom is -0.379 e. The van der Waals surface area contributed by atoms with Crippen molar-refractivity contribution in [3.05, 3.63) is 45.9 Å². The van der Waals surface area contributed by atoms with Crippen LogP contribution in [0.3, 0.4) is 0 Å². The molecule has 1 aromatic carbocycles. The summed E-state index contributed by atoms with van der Waals surface area (Å²) in [6, 6.07) is 8.16. The molecule has 2 aromatic rings. The lowest BCUT2D eigenvalue weighted by Crippen LogP contribution is -2.35. The summed E-state index contributed by atoms with van der Waals surface area (Å²) in [6.45, 7) is 5.14. The van der Waals surface area contributed by atoms with E-state index < -0.39 is 0 Å². The van der Waals surface area contributed by atoms with Gasteiger partial charge < -0.3 is 9.64 Å². The highest BCUT2D eigenvalue weighted by Gasteiger charge is 2.24. The molecule has 0 spiro atoms. The first kappa shape index (κ1) is 15.7. The Bertz CT molecular complexity index is 725. The number of para-hydroxylation sites is 1. The monoisotopic (exact) mass is 343 g/mol. The lowest BCUT2D eigenvalue weighted by atomic mass is 10.2. The molecule has 3 heterocycles. The summed E-state index contributed by atoms with van der Waals surface area (Å²) in [6.07, 6.45) is 1.33. The first-order valence-corrected chi connectivity index (χ1v) is 9.29. The molecule has 0 saturated carbocycles. The molecule has 0 unspecified atom stereocenters. The Morgan fingerprint density at radius 1 is 1.21 bits per heavy atom. The van der Waals surface area contributed by atoms with Gasteiger partial charge in [0.1, 0.15) is 5.01 Å². The van der Waals surface area contributed by atoms with Crippen LogP contribution in [0.1, 0.15) is 16.3 Å². The van der Waals surface area contributed by atoms with Gasteiger partial charge in [-0.25, -0.2) is 4.98 Å². The summed E-state index contributed by atoms with van der Waals surface area (Å²) in [7, 11) is 0. The average molecular weight is 343 g/mol. The number of ether oxygens (including phenoxy) is 1. The van der Waals surface area contributed by atoms with E-state index in [1.807, 2.05) is 28.5 Å². The van der Waals surface area contributed by atoms with Crippen LogP contribution >= 0.6 is 11.3 Å². The Labute approximate surface area is 145 Å². The predicted molar refractivity (Wildman–Crippen MR) is 94.4 cm³/mol. The molecule has 0 bridgehead atoms. The van der Waals surface area contributed by atoms with Gasteiger partial charge in [0.25, 0.3) is 0 Å². The van der Waals surface area contributed by atoms with E-state index in [0.717, 1.165) is 62.2 Å². The Morgan fingerprint density at radius 2 is 2.04 bits per heavy atom. The fourth-order valence-corrected chi connectivity index (χ4v) is 4.14. The van der Waals surface area contributed by atoms with Crippen LogP contribution in [0.15, 0.2) is 29.6 Å². The van der Waals surface area contributed by atoms with Crippen molar-refractivity contribution in [3.8, 4) is 0 Å². The van der Waals surface area contributed by atoms with E-state index in [1.54, 1.807) is 11.3 Å². The van der Waals surface area contributed by atoms with Crippen molar-refractivity contribution < 1.29 is 9.53 Å². The van der Waals surface area contributed by atoms with Crippen LogP contribution in [0, 0.1) is 0 Å². The smallest absolute Gasteiger partial charge is 0.233 e. The minimum atomic E-state index is 0.142. The fourth-order valence-electron chi connectivity index (χ4n) is 3.30. The fraction of sp³-hybridized carbons (Fsp3) is 0.444. The summed E-state index contributed by atoms with van der Waals surface area (Å²) in [5.74, 6) is 0.142. The van der Waals surface area contributed by atoms with Crippen LogP contribution in [0.4, 0.5) is 5.69 Å². The van der Waals surface area contributed by atoms with Crippen LogP contribution in [0.2, 0.25) is 0 Å². The lowest BCUT2D eigenvalue weighted by Gasteiger charge is -2.25. The van der Waals surface area contributed by atoms with Crippen molar-refractivity contribution in [1.29, 1.82) is 0 Å². The number of aromatic nitrogens is 1. The molecule has 0 N–H and O–H groups in total. The molecule has 2 aliphatic rings. The molecule has 1 saturated heterocycles. The third-order valence-electron chi connectivity index (χ3n) is 4.58. The molecule has 0 radical (unpaired) electrons. The second-order valence-electron chi connectivity index (χ2n) is 6.22. The van der Waals surface area contributed by atoms with Crippen LogP contribution in [-0.4, -0.2) is 48.6 Å².